The Kier molecular flexibility index (Phi) is 4.15. The first kappa shape index (κ1) is 12.5. The molecule has 1 fully saturated rings. The quantitative estimate of drug-likeness (QED) is 0.535. The van der Waals surface area contributed by atoms with Gasteiger partial charge in [0.25, 0.3) is 0 Å². The van der Waals surface area contributed by atoms with E-state index in [4.69, 9.17) is 16.9 Å². The lowest BCUT2D eigenvalue weighted by Gasteiger charge is -2.45. The van der Waals surface area contributed by atoms with Crippen molar-refractivity contribution in [3.8, 4) is 12.3 Å². The third-order valence-electron chi connectivity index (χ3n) is 3.00. The number of hydrogen-bond donors (Lipinski definition) is 2. The Balaban J connectivity index is 2.55. The summed E-state index contributed by atoms with van der Waals surface area (Å²) in [6.45, 7) is 6.47. The van der Waals surface area contributed by atoms with Crippen LogP contribution in [0.3, 0.4) is 0 Å². The van der Waals surface area contributed by atoms with Crippen LogP contribution < -0.4 is 11.1 Å². The Morgan fingerprint density at radius 2 is 2.27 bits per heavy atom. The molecule has 0 bridgehead atoms. The molecule has 0 aromatic heterocycles. The molecule has 0 aromatic rings. The summed E-state index contributed by atoms with van der Waals surface area (Å²) >= 11 is 0. The monoisotopic (exact) mass is 210 g/mol. The van der Waals surface area contributed by atoms with Gasteiger partial charge in [-0.3, -0.25) is 0 Å². The Hall–Kier alpha value is -0.560. The van der Waals surface area contributed by atoms with Crippen LogP contribution in [-0.4, -0.2) is 30.8 Å². The fraction of sp³-hybridized carbons (Fsp3) is 0.833. The van der Waals surface area contributed by atoms with Crippen LogP contribution in [0.2, 0.25) is 0 Å². The molecule has 1 unspecified atom stereocenters. The van der Waals surface area contributed by atoms with Crippen LogP contribution >= 0.6 is 0 Å². The van der Waals surface area contributed by atoms with Gasteiger partial charge in [0.05, 0.1) is 5.60 Å². The molecule has 1 atom stereocenters. The van der Waals surface area contributed by atoms with Gasteiger partial charge in [0, 0.05) is 31.7 Å². The van der Waals surface area contributed by atoms with Crippen LogP contribution in [0.5, 0.6) is 0 Å². The fourth-order valence-corrected chi connectivity index (χ4v) is 2.27. The molecule has 3 nitrogen and oxygen atoms in total. The van der Waals surface area contributed by atoms with Crippen molar-refractivity contribution in [2.75, 3.05) is 19.7 Å². The van der Waals surface area contributed by atoms with E-state index < -0.39 is 0 Å². The zero-order valence-corrected chi connectivity index (χ0v) is 9.81. The van der Waals surface area contributed by atoms with Crippen molar-refractivity contribution in [2.45, 2.75) is 44.2 Å². The molecule has 1 rings (SSSR count). The molecule has 86 valence electrons. The Labute approximate surface area is 92.8 Å². The average molecular weight is 210 g/mol. The predicted molar refractivity (Wildman–Crippen MR) is 62.5 cm³/mol. The maximum absolute atomic E-state index is 5.87. The van der Waals surface area contributed by atoms with E-state index in [2.05, 4.69) is 25.1 Å². The molecule has 0 spiro atoms. The summed E-state index contributed by atoms with van der Waals surface area (Å²) in [6, 6.07) is 0. The van der Waals surface area contributed by atoms with E-state index >= 15 is 0 Å². The summed E-state index contributed by atoms with van der Waals surface area (Å²) in [5.41, 5.74) is 5.80. The second-order valence-corrected chi connectivity index (χ2v) is 4.90. The van der Waals surface area contributed by atoms with Gasteiger partial charge in [-0.2, -0.15) is 0 Å². The van der Waals surface area contributed by atoms with Gasteiger partial charge in [0.15, 0.2) is 0 Å². The molecule has 1 aliphatic heterocycles. The largest absolute Gasteiger partial charge is 0.375 e. The van der Waals surface area contributed by atoms with Crippen molar-refractivity contribution >= 4 is 0 Å². The van der Waals surface area contributed by atoms with E-state index in [0.717, 1.165) is 32.4 Å². The third kappa shape index (κ3) is 3.49. The Morgan fingerprint density at radius 1 is 1.53 bits per heavy atom. The molecule has 1 heterocycles. The second kappa shape index (κ2) is 4.98. The van der Waals surface area contributed by atoms with Crippen LogP contribution in [0.15, 0.2) is 0 Å². The highest BCUT2D eigenvalue weighted by Gasteiger charge is 2.39. The molecule has 15 heavy (non-hydrogen) atoms. The summed E-state index contributed by atoms with van der Waals surface area (Å²) in [7, 11) is 0. The molecule has 0 radical (unpaired) electrons. The molecule has 3 N–H and O–H groups in total. The summed E-state index contributed by atoms with van der Waals surface area (Å²) < 4.78 is 5.69. The van der Waals surface area contributed by atoms with Gasteiger partial charge in [-0.05, 0) is 26.7 Å². The topological polar surface area (TPSA) is 47.3 Å². The number of hydrogen-bond acceptors (Lipinski definition) is 3. The first-order valence-corrected chi connectivity index (χ1v) is 5.56. The van der Waals surface area contributed by atoms with E-state index in [1.807, 2.05) is 0 Å². The van der Waals surface area contributed by atoms with Gasteiger partial charge >= 0.3 is 0 Å². The molecule has 0 aliphatic carbocycles. The molecular weight excluding hydrogens is 188 g/mol. The van der Waals surface area contributed by atoms with Crippen molar-refractivity contribution in [1.29, 1.82) is 0 Å². The van der Waals surface area contributed by atoms with Gasteiger partial charge in [0.2, 0.25) is 0 Å². The van der Waals surface area contributed by atoms with Gasteiger partial charge in [-0.15, -0.1) is 12.3 Å². The van der Waals surface area contributed by atoms with Crippen molar-refractivity contribution < 1.29 is 4.74 Å². The minimum absolute atomic E-state index is 0.0125. The molecule has 0 amide bonds. The SMILES string of the molecule is C#CCCNC1(CN)CCOC(C)(C)C1. The van der Waals surface area contributed by atoms with Gasteiger partial charge in [-0.1, -0.05) is 0 Å². The molecule has 0 saturated carbocycles. The van der Waals surface area contributed by atoms with Gasteiger partial charge in [0.1, 0.15) is 0 Å². The van der Waals surface area contributed by atoms with E-state index in [1.54, 1.807) is 0 Å². The maximum atomic E-state index is 5.87. The zero-order chi connectivity index (χ0) is 11.4. The summed E-state index contributed by atoms with van der Waals surface area (Å²) in [5.74, 6) is 2.63. The maximum Gasteiger partial charge on any atom is 0.0644 e. The Morgan fingerprint density at radius 3 is 2.80 bits per heavy atom. The highest BCUT2D eigenvalue weighted by molar-refractivity contribution is 4.98. The van der Waals surface area contributed by atoms with Crippen molar-refractivity contribution in [3.05, 3.63) is 0 Å². The first-order valence-electron chi connectivity index (χ1n) is 5.56. The van der Waals surface area contributed by atoms with Crippen molar-refractivity contribution in [2.24, 2.45) is 5.73 Å². The van der Waals surface area contributed by atoms with E-state index in [0.29, 0.717) is 6.54 Å². The molecule has 1 saturated heterocycles. The van der Waals surface area contributed by atoms with E-state index in [-0.39, 0.29) is 11.1 Å². The lowest BCUT2D eigenvalue weighted by Crippen LogP contribution is -2.59. The van der Waals surface area contributed by atoms with Crippen LogP contribution in [0, 0.1) is 12.3 Å². The molecule has 3 heteroatoms. The highest BCUT2D eigenvalue weighted by atomic mass is 16.5. The van der Waals surface area contributed by atoms with Crippen LogP contribution in [0.25, 0.3) is 0 Å². The fourth-order valence-electron chi connectivity index (χ4n) is 2.27. The summed E-state index contributed by atoms with van der Waals surface area (Å²) in [5, 5.41) is 3.49. The normalized spacial score (nSPS) is 29.7. The minimum Gasteiger partial charge on any atom is -0.375 e. The predicted octanol–water partition coefficient (Wildman–Crippen LogP) is 0.886. The van der Waals surface area contributed by atoms with Crippen LogP contribution in [0.4, 0.5) is 0 Å². The second-order valence-electron chi connectivity index (χ2n) is 4.90. The lowest BCUT2D eigenvalue weighted by atomic mass is 9.81. The zero-order valence-electron chi connectivity index (χ0n) is 9.81. The first-order chi connectivity index (χ1) is 7.04. The third-order valence-corrected chi connectivity index (χ3v) is 3.00. The number of nitrogens with two attached hydrogens (primary N) is 1. The van der Waals surface area contributed by atoms with E-state index in [9.17, 15) is 0 Å². The molecule has 0 aromatic carbocycles. The number of terminal acetylenes is 1. The van der Waals surface area contributed by atoms with Gasteiger partial charge < -0.3 is 15.8 Å². The Bertz CT molecular complexity index is 244. The smallest absolute Gasteiger partial charge is 0.0644 e. The van der Waals surface area contributed by atoms with E-state index in [1.165, 1.54) is 0 Å². The van der Waals surface area contributed by atoms with Gasteiger partial charge in [-0.25, -0.2) is 0 Å². The summed E-state index contributed by atoms with van der Waals surface area (Å²) in [6.07, 6.45) is 7.90. The minimum atomic E-state index is -0.0826. The van der Waals surface area contributed by atoms with Crippen molar-refractivity contribution in [3.63, 3.8) is 0 Å². The number of nitrogens with one attached hydrogen (secondary N) is 1. The lowest BCUT2D eigenvalue weighted by molar-refractivity contribution is -0.0855. The molecular formula is C12H22N2O. The average Bonchev–Trinajstić information content (AvgIpc) is 2.17. The standard InChI is InChI=1S/C12H22N2O/c1-4-5-7-14-12(10-13)6-8-15-11(2,3)9-12/h1,14H,5-10,13H2,2-3H3. The number of rotatable bonds is 4. The van der Waals surface area contributed by atoms with Crippen LogP contribution in [0.1, 0.15) is 33.1 Å². The number of ether oxygens (including phenoxy) is 1. The van der Waals surface area contributed by atoms with Crippen LogP contribution in [-0.2, 0) is 4.74 Å². The highest BCUT2D eigenvalue weighted by Crippen LogP contribution is 2.31. The molecule has 1 aliphatic rings. The van der Waals surface area contributed by atoms with Crippen molar-refractivity contribution in [1.82, 2.24) is 5.32 Å². The summed E-state index contributed by atoms with van der Waals surface area (Å²) in [4.78, 5) is 0.